The Morgan fingerprint density at radius 2 is 2.23 bits per heavy atom. The van der Waals surface area contributed by atoms with Crippen molar-refractivity contribution < 1.29 is 13.2 Å². The van der Waals surface area contributed by atoms with E-state index in [-0.39, 0.29) is 24.0 Å². The van der Waals surface area contributed by atoms with Crippen molar-refractivity contribution in [1.82, 2.24) is 20.6 Å². The molecule has 22 heavy (non-hydrogen) atoms. The van der Waals surface area contributed by atoms with E-state index in [1.165, 1.54) is 0 Å². The van der Waals surface area contributed by atoms with Crippen molar-refractivity contribution in [1.29, 1.82) is 0 Å². The number of nitrogens with two attached hydrogens (primary N) is 1. The number of anilines is 1. The zero-order valence-corrected chi connectivity index (χ0v) is 12.3. The van der Waals surface area contributed by atoms with Gasteiger partial charge in [-0.25, -0.2) is 13.6 Å². The second kappa shape index (κ2) is 5.46. The van der Waals surface area contributed by atoms with Gasteiger partial charge in [0, 0.05) is 30.1 Å². The van der Waals surface area contributed by atoms with Gasteiger partial charge in [-0.1, -0.05) is 12.1 Å². The quantitative estimate of drug-likeness (QED) is 0.779. The molecule has 0 radical (unpaired) electrons. The van der Waals surface area contributed by atoms with Gasteiger partial charge >= 0.3 is 0 Å². The minimum absolute atomic E-state index is 0.126. The molecule has 0 spiro atoms. The lowest BCUT2D eigenvalue weighted by molar-refractivity contribution is -0.117. The maximum Gasteiger partial charge on any atom is 0.227 e. The Labute approximate surface area is 126 Å². The standard InChI is InChI=1S/C12H14N6O3S/c13-22(20,21)7-8-4-11(19)18(6-8)10-3-1-2-9(5-10)12-14-16-17-15-12/h1-3,5,8H,4,6-7H2,(H2,13,20,21)(H,14,15,16,17). The van der Waals surface area contributed by atoms with Crippen LogP contribution in [0.15, 0.2) is 24.3 Å². The highest BCUT2D eigenvalue weighted by atomic mass is 32.2. The van der Waals surface area contributed by atoms with E-state index >= 15 is 0 Å². The molecule has 3 N–H and O–H groups in total. The highest BCUT2D eigenvalue weighted by molar-refractivity contribution is 7.89. The lowest BCUT2D eigenvalue weighted by Gasteiger charge is -2.17. The first-order valence-corrected chi connectivity index (χ1v) is 8.28. The van der Waals surface area contributed by atoms with Crippen molar-refractivity contribution in [3.05, 3.63) is 24.3 Å². The molecule has 3 rings (SSSR count). The van der Waals surface area contributed by atoms with E-state index < -0.39 is 10.0 Å². The smallest absolute Gasteiger partial charge is 0.227 e. The van der Waals surface area contributed by atoms with E-state index in [0.717, 1.165) is 0 Å². The molecule has 1 aromatic carbocycles. The molecule has 1 aliphatic rings. The van der Waals surface area contributed by atoms with Crippen molar-refractivity contribution >= 4 is 21.6 Å². The van der Waals surface area contributed by atoms with Crippen molar-refractivity contribution in [3.63, 3.8) is 0 Å². The van der Waals surface area contributed by atoms with Crippen LogP contribution in [-0.2, 0) is 14.8 Å². The van der Waals surface area contributed by atoms with Gasteiger partial charge in [0.15, 0.2) is 0 Å². The SMILES string of the molecule is NS(=O)(=O)CC1CC(=O)N(c2cccc(-c3nn[nH]n3)c2)C1. The largest absolute Gasteiger partial charge is 0.312 e. The highest BCUT2D eigenvalue weighted by Crippen LogP contribution is 2.28. The molecule has 116 valence electrons. The Kier molecular flexibility index (Phi) is 3.62. The van der Waals surface area contributed by atoms with E-state index in [9.17, 15) is 13.2 Å². The number of rotatable bonds is 4. The maximum absolute atomic E-state index is 12.1. The second-order valence-electron chi connectivity index (χ2n) is 5.19. The Bertz CT molecular complexity index is 789. The summed E-state index contributed by atoms with van der Waals surface area (Å²) in [5.74, 6) is -0.190. The van der Waals surface area contributed by atoms with Gasteiger partial charge in [-0.2, -0.15) is 5.21 Å². The Morgan fingerprint density at radius 1 is 1.41 bits per heavy atom. The minimum atomic E-state index is -3.59. The number of nitrogens with zero attached hydrogens (tertiary/aromatic N) is 4. The van der Waals surface area contributed by atoms with Gasteiger partial charge in [0.25, 0.3) is 0 Å². The van der Waals surface area contributed by atoms with E-state index in [1.807, 2.05) is 0 Å². The van der Waals surface area contributed by atoms with Crippen molar-refractivity contribution in [2.24, 2.45) is 11.1 Å². The van der Waals surface area contributed by atoms with Gasteiger partial charge in [-0.15, -0.1) is 10.2 Å². The average molecular weight is 322 g/mol. The molecular weight excluding hydrogens is 308 g/mol. The van der Waals surface area contributed by atoms with Gasteiger partial charge < -0.3 is 4.90 Å². The third-order valence-corrected chi connectivity index (χ3v) is 4.37. The molecule has 1 amide bonds. The second-order valence-corrected chi connectivity index (χ2v) is 6.85. The van der Waals surface area contributed by atoms with Crippen LogP contribution >= 0.6 is 0 Å². The number of tetrazole rings is 1. The number of carbonyl (C=O) groups is 1. The summed E-state index contributed by atoms with van der Waals surface area (Å²) in [4.78, 5) is 13.7. The summed E-state index contributed by atoms with van der Waals surface area (Å²) in [5, 5.41) is 18.7. The lowest BCUT2D eigenvalue weighted by atomic mass is 10.1. The first kappa shape index (κ1) is 14.6. The fourth-order valence-corrected chi connectivity index (χ4v) is 3.45. The fraction of sp³-hybridized carbons (Fsp3) is 0.333. The van der Waals surface area contributed by atoms with E-state index in [4.69, 9.17) is 5.14 Å². The third-order valence-electron chi connectivity index (χ3n) is 3.43. The van der Waals surface area contributed by atoms with Crippen LogP contribution in [0.25, 0.3) is 11.4 Å². The molecule has 9 nitrogen and oxygen atoms in total. The number of carbonyl (C=O) groups excluding carboxylic acids is 1. The van der Waals surface area contributed by atoms with Crippen LogP contribution in [0, 0.1) is 5.92 Å². The van der Waals surface area contributed by atoms with Crippen LogP contribution in [0.5, 0.6) is 0 Å². The van der Waals surface area contributed by atoms with Crippen LogP contribution in [-0.4, -0.2) is 47.2 Å². The third kappa shape index (κ3) is 3.12. The van der Waals surface area contributed by atoms with Crippen LogP contribution in [0.3, 0.4) is 0 Å². The fourth-order valence-electron chi connectivity index (χ4n) is 2.57. The molecule has 0 saturated carbocycles. The Hall–Kier alpha value is -2.33. The molecule has 1 saturated heterocycles. The van der Waals surface area contributed by atoms with Crippen LogP contribution in [0.2, 0.25) is 0 Å². The van der Waals surface area contributed by atoms with Gasteiger partial charge in [0.2, 0.25) is 21.8 Å². The normalized spacial score (nSPS) is 18.9. The molecule has 1 fully saturated rings. The number of benzene rings is 1. The number of hydrogen-bond donors (Lipinski definition) is 2. The number of aromatic nitrogens is 4. The molecule has 0 aliphatic carbocycles. The topological polar surface area (TPSA) is 135 Å². The van der Waals surface area contributed by atoms with Crippen LogP contribution in [0.4, 0.5) is 5.69 Å². The summed E-state index contributed by atoms with van der Waals surface area (Å²) < 4.78 is 22.3. The molecule has 1 atom stereocenters. The number of sulfonamides is 1. The zero-order chi connectivity index (χ0) is 15.7. The van der Waals surface area contributed by atoms with E-state index in [1.54, 1.807) is 29.2 Å². The molecule has 1 unspecified atom stereocenters. The number of nitrogens with one attached hydrogen (secondary N) is 1. The molecule has 0 bridgehead atoms. The first-order chi connectivity index (χ1) is 10.4. The molecular formula is C12H14N6O3S. The Morgan fingerprint density at radius 3 is 2.91 bits per heavy atom. The van der Waals surface area contributed by atoms with E-state index in [2.05, 4.69) is 20.6 Å². The van der Waals surface area contributed by atoms with Crippen molar-refractivity contribution in [2.45, 2.75) is 6.42 Å². The maximum atomic E-state index is 12.1. The summed E-state index contributed by atoms with van der Waals surface area (Å²) in [7, 11) is -3.59. The molecule has 1 aromatic heterocycles. The monoisotopic (exact) mass is 322 g/mol. The molecule has 2 heterocycles. The summed E-state index contributed by atoms with van der Waals surface area (Å²) in [6, 6.07) is 7.13. The number of hydrogen-bond acceptors (Lipinski definition) is 6. The summed E-state index contributed by atoms with van der Waals surface area (Å²) in [5.41, 5.74) is 1.39. The van der Waals surface area contributed by atoms with Crippen LogP contribution < -0.4 is 10.0 Å². The number of H-pyrrole nitrogens is 1. The summed E-state index contributed by atoms with van der Waals surface area (Å²) in [6.07, 6.45) is 0.170. The molecule has 10 heteroatoms. The van der Waals surface area contributed by atoms with E-state index in [0.29, 0.717) is 23.6 Å². The Balaban J connectivity index is 1.83. The predicted octanol–water partition coefficient (Wildman–Crippen LogP) is -0.492. The van der Waals surface area contributed by atoms with Gasteiger partial charge in [0.1, 0.15) is 0 Å². The first-order valence-electron chi connectivity index (χ1n) is 6.57. The lowest BCUT2D eigenvalue weighted by Crippen LogP contribution is -2.27. The summed E-state index contributed by atoms with van der Waals surface area (Å²) >= 11 is 0. The van der Waals surface area contributed by atoms with Crippen molar-refractivity contribution in [2.75, 3.05) is 17.2 Å². The predicted molar refractivity (Wildman–Crippen MR) is 78.0 cm³/mol. The summed E-state index contributed by atoms with van der Waals surface area (Å²) in [6.45, 7) is 0.324. The highest BCUT2D eigenvalue weighted by Gasteiger charge is 2.32. The number of primary sulfonamides is 1. The van der Waals surface area contributed by atoms with Gasteiger partial charge in [0.05, 0.1) is 5.75 Å². The van der Waals surface area contributed by atoms with Crippen LogP contribution in [0.1, 0.15) is 6.42 Å². The van der Waals surface area contributed by atoms with Crippen molar-refractivity contribution in [3.8, 4) is 11.4 Å². The average Bonchev–Trinajstić information content (AvgIpc) is 3.07. The number of aromatic amines is 1. The minimum Gasteiger partial charge on any atom is -0.312 e. The molecule has 2 aromatic rings. The molecule has 1 aliphatic heterocycles. The van der Waals surface area contributed by atoms with Gasteiger partial charge in [-0.3, -0.25) is 4.79 Å². The number of amides is 1. The zero-order valence-electron chi connectivity index (χ0n) is 11.5. The van der Waals surface area contributed by atoms with Gasteiger partial charge in [-0.05, 0) is 17.3 Å².